The Morgan fingerprint density at radius 2 is 0.478 bits per heavy atom. The van der Waals surface area contributed by atoms with E-state index in [-0.39, 0.29) is 0 Å². The molecule has 0 aromatic carbocycles. The van der Waals surface area contributed by atoms with Crippen LogP contribution in [-0.2, 0) is 66.4 Å². The van der Waals surface area contributed by atoms with Crippen LogP contribution in [0.3, 0.4) is 0 Å². The van der Waals surface area contributed by atoms with Crippen LogP contribution in [0.25, 0.3) is 0 Å². The van der Waals surface area contributed by atoms with Gasteiger partial charge in [0.2, 0.25) is 0 Å². The highest BCUT2D eigenvalue weighted by molar-refractivity contribution is 5.65. The molecule has 31 heteroatoms. The summed E-state index contributed by atoms with van der Waals surface area (Å²) in [5.74, 6) is -0.882. The van der Waals surface area contributed by atoms with E-state index >= 15 is 0 Å². The van der Waals surface area contributed by atoms with Crippen LogP contribution in [0.2, 0.25) is 0 Å². The molecule has 0 radical (unpaired) electrons. The summed E-state index contributed by atoms with van der Waals surface area (Å²) in [6, 6.07) is 0. The van der Waals surface area contributed by atoms with Crippen molar-refractivity contribution in [2.24, 2.45) is 0 Å². The van der Waals surface area contributed by atoms with Gasteiger partial charge in [-0.1, -0.05) is 0 Å². The fourth-order valence-corrected chi connectivity index (χ4v) is 9.11. The minimum absolute atomic E-state index is 0.767. The van der Waals surface area contributed by atoms with E-state index < -0.39 is 230 Å². The molecule has 22 heterocycles. The SMILES string of the molecule is CC(=O)OC[C@H]1OC2O[C@H]3[C@H](O)[C@@H](O)C(O[C@H]4[C@H](O)[C@@H](O)C(O[C@H]5[C@H](O)[C@@H](O)C(O[C@H]6[C@H](O)[C@@H](O)C(O[C@H]7[C@H](O)[C@@H](O)C(O[C@H]1[C@H](O)[C@H]2O)O[C@@H]7CO)O[C@@H]6CO)O[C@@H]5CO)O[C@@H]4CO)O[C@@H]3CO. The number of carbonyl (C=O) groups excluding carboxylic acids is 1. The van der Waals surface area contributed by atoms with Crippen molar-refractivity contribution in [1.82, 2.24) is 0 Å². The molecule has 0 spiro atoms. The predicted octanol–water partition coefficient (Wildman–Crippen LogP) is -12.5. The first-order valence-corrected chi connectivity index (χ1v) is 22.0. The summed E-state index contributed by atoms with van der Waals surface area (Å²) >= 11 is 0. The minimum atomic E-state index is -2.18. The van der Waals surface area contributed by atoms with E-state index in [1.54, 1.807) is 0 Å². The number of aliphatic hydroxyl groups is 17. The molecule has 69 heavy (non-hydrogen) atoms. The lowest BCUT2D eigenvalue weighted by Crippen LogP contribution is -2.69. The summed E-state index contributed by atoms with van der Waals surface area (Å²) < 4.78 is 73.5. The predicted molar refractivity (Wildman–Crippen MR) is 205 cm³/mol. The van der Waals surface area contributed by atoms with Gasteiger partial charge >= 0.3 is 5.97 Å². The Labute approximate surface area is 389 Å². The van der Waals surface area contributed by atoms with Crippen molar-refractivity contribution in [1.29, 1.82) is 0 Å². The Bertz CT molecular complexity index is 1620. The second-order valence-corrected chi connectivity index (χ2v) is 17.5. The molecule has 0 amide bonds. The molecule has 22 aliphatic heterocycles. The number of aliphatic hydroxyl groups excluding tert-OH is 17. The molecule has 22 aliphatic rings. The van der Waals surface area contributed by atoms with Gasteiger partial charge in [0, 0.05) is 6.92 Å². The van der Waals surface area contributed by atoms with E-state index in [0.717, 1.165) is 6.92 Å². The molecule has 0 saturated carbocycles. The molecule has 22 saturated heterocycles. The van der Waals surface area contributed by atoms with Crippen molar-refractivity contribution < 1.29 is 153 Å². The Morgan fingerprint density at radius 3 is 0.652 bits per heavy atom. The highest BCUT2D eigenvalue weighted by Crippen LogP contribution is 2.38. The molecule has 400 valence electrons. The third-order valence-corrected chi connectivity index (χ3v) is 12.9. The van der Waals surface area contributed by atoms with Gasteiger partial charge in [0.25, 0.3) is 0 Å². The van der Waals surface area contributed by atoms with Gasteiger partial charge in [-0.05, 0) is 0 Å². The minimum Gasteiger partial charge on any atom is -0.463 e. The van der Waals surface area contributed by atoms with Crippen molar-refractivity contribution in [3.05, 3.63) is 0 Å². The fourth-order valence-electron chi connectivity index (χ4n) is 9.11. The second-order valence-electron chi connectivity index (χ2n) is 17.5. The van der Waals surface area contributed by atoms with Crippen molar-refractivity contribution in [3.8, 4) is 0 Å². The monoisotopic (exact) mass is 1010 g/mol. The molecule has 30 atom stereocenters. The Kier molecular flexibility index (Phi) is 18.6. The normalized spacial score (nSPS) is 53.4. The van der Waals surface area contributed by atoms with Gasteiger partial charge in [-0.25, -0.2) is 0 Å². The largest absolute Gasteiger partial charge is 0.463 e. The van der Waals surface area contributed by atoms with Crippen LogP contribution in [-0.4, -0.2) is 317 Å². The van der Waals surface area contributed by atoms with Gasteiger partial charge in [0.1, 0.15) is 153 Å². The quantitative estimate of drug-likeness (QED) is 0.105. The molecule has 0 aliphatic carbocycles. The number of hydrogen-bond acceptors (Lipinski definition) is 31. The van der Waals surface area contributed by atoms with Crippen LogP contribution in [0.4, 0.5) is 0 Å². The number of ether oxygens (including phenoxy) is 13. The van der Waals surface area contributed by atoms with Crippen LogP contribution in [0, 0.1) is 0 Å². The van der Waals surface area contributed by atoms with Gasteiger partial charge in [0.15, 0.2) is 37.7 Å². The van der Waals surface area contributed by atoms with E-state index in [0.29, 0.717) is 0 Å². The maximum absolute atomic E-state index is 11.9. The zero-order valence-corrected chi connectivity index (χ0v) is 36.4. The number of hydrogen-bond donors (Lipinski definition) is 17. The molecular formula is C38H62O31. The van der Waals surface area contributed by atoms with Crippen molar-refractivity contribution >= 4 is 5.97 Å². The van der Waals surface area contributed by atoms with Gasteiger partial charge in [-0.2, -0.15) is 0 Å². The lowest BCUT2D eigenvalue weighted by atomic mass is 9.94. The summed E-state index contributed by atoms with van der Waals surface area (Å²) in [6.07, 6.45) is -59.1. The van der Waals surface area contributed by atoms with Crippen molar-refractivity contribution in [3.63, 3.8) is 0 Å². The molecule has 0 aromatic heterocycles. The van der Waals surface area contributed by atoms with Crippen LogP contribution in [0.15, 0.2) is 0 Å². The summed E-state index contributed by atoms with van der Waals surface area (Å²) in [4.78, 5) is 11.9. The van der Waals surface area contributed by atoms with Gasteiger partial charge in [0.05, 0.1) is 33.0 Å². The molecule has 6 unspecified atom stereocenters. The van der Waals surface area contributed by atoms with Crippen LogP contribution in [0.5, 0.6) is 0 Å². The standard InChI is InChI=1S/C38H62O31/c1-8(44)57-7-14-32-20(50)26(56)38(63-14)68-31-13(6-43)61-36(24(54)18(31)48)66-29-11(4-41)59-34(22(52)16(29)46)64-27-9(2-39)58-33(21(51)15(27)45)65-28-10(3-40)60-35(23(53)17(28)47)67-30-12(5-42)62-37(69-32)25(55)19(30)49/h9-43,45-56H,2-7H2,1H3/t9-,10-,11-,12-,13-,14-,15-,16-,17-,18-,19-,20-,21-,22-,23-,24-,25-,26-,27-,28-,29-,30-,31-,32-,33?,34?,35?,36?,37?,38?/m1/s1. The van der Waals surface area contributed by atoms with Gasteiger partial charge < -0.3 is 148 Å². The maximum atomic E-state index is 11.9. The lowest BCUT2D eigenvalue weighted by molar-refractivity contribution is -0.404. The molecule has 12 bridgehead atoms. The average molecular weight is 1010 g/mol. The van der Waals surface area contributed by atoms with Crippen LogP contribution < -0.4 is 0 Å². The van der Waals surface area contributed by atoms with Crippen LogP contribution in [0.1, 0.15) is 6.92 Å². The zero-order valence-electron chi connectivity index (χ0n) is 36.4. The smallest absolute Gasteiger partial charge is 0.302 e. The maximum Gasteiger partial charge on any atom is 0.302 e. The topological polar surface area (TPSA) is 481 Å². The molecule has 31 nitrogen and oxygen atoms in total. The zero-order chi connectivity index (χ0) is 50.3. The second kappa shape index (κ2) is 23.2. The van der Waals surface area contributed by atoms with Gasteiger partial charge in [-0.15, -0.1) is 0 Å². The van der Waals surface area contributed by atoms with E-state index in [1.807, 2.05) is 0 Å². The summed E-state index contributed by atoms with van der Waals surface area (Å²) in [6.45, 7) is -4.83. The number of esters is 1. The lowest BCUT2D eigenvalue weighted by Gasteiger charge is -2.50. The Balaban J connectivity index is 1.21. The molecule has 22 fully saturated rings. The van der Waals surface area contributed by atoms with E-state index in [1.165, 1.54) is 0 Å². The Hall–Kier alpha value is -1.69. The number of carbonyl (C=O) groups is 1. The van der Waals surface area contributed by atoms with E-state index in [9.17, 15) is 91.6 Å². The summed E-state index contributed by atoms with van der Waals surface area (Å²) in [7, 11) is 0. The van der Waals surface area contributed by atoms with Gasteiger partial charge in [-0.3, -0.25) is 4.79 Å². The third kappa shape index (κ3) is 11.1. The molecule has 0 aromatic rings. The molecular weight excluding hydrogens is 952 g/mol. The summed E-state index contributed by atoms with van der Waals surface area (Å²) in [5.41, 5.74) is 0. The molecule has 17 N–H and O–H groups in total. The summed E-state index contributed by atoms with van der Waals surface area (Å²) in [5, 5.41) is 187. The molecule has 22 rings (SSSR count). The van der Waals surface area contributed by atoms with Crippen molar-refractivity contribution in [2.75, 3.05) is 39.6 Å². The van der Waals surface area contributed by atoms with Crippen molar-refractivity contribution in [2.45, 2.75) is 191 Å². The highest BCUT2D eigenvalue weighted by Gasteiger charge is 2.58. The number of rotatable bonds is 7. The highest BCUT2D eigenvalue weighted by atomic mass is 16.8. The van der Waals surface area contributed by atoms with E-state index in [2.05, 4.69) is 0 Å². The first kappa shape index (κ1) is 55.1. The Morgan fingerprint density at radius 1 is 0.304 bits per heavy atom. The fraction of sp³-hybridized carbons (Fsp3) is 0.974. The first-order valence-electron chi connectivity index (χ1n) is 22.0. The van der Waals surface area contributed by atoms with Crippen LogP contribution >= 0.6 is 0 Å². The first-order chi connectivity index (χ1) is 32.8. The van der Waals surface area contributed by atoms with E-state index in [4.69, 9.17) is 61.6 Å². The third-order valence-electron chi connectivity index (χ3n) is 12.9. The average Bonchev–Trinajstić information content (AvgIpc) is 3.33.